The minimum Gasteiger partial charge on any atom is -0.372 e. The van der Waals surface area contributed by atoms with Crippen molar-refractivity contribution in [1.29, 1.82) is 0 Å². The molecule has 1 aliphatic heterocycles. The first kappa shape index (κ1) is 19.2. The number of anilines is 1. The molecule has 1 heterocycles. The van der Waals surface area contributed by atoms with Gasteiger partial charge in [-0.1, -0.05) is 41.9 Å². The number of benzene rings is 2. The standard InChI is InChI=1S/C21H24ClN3O2/c22-19-6-2-1-5-17(19)15-24-21(27)20(26)23-12-11-16-7-9-18(10-8-16)25-13-3-4-14-25/h1-2,5-10H,3-4,11-15H2,(H,23,26)(H,24,27). The van der Waals surface area contributed by atoms with Crippen LogP contribution in [0.15, 0.2) is 48.5 Å². The molecule has 0 saturated carbocycles. The lowest BCUT2D eigenvalue weighted by molar-refractivity contribution is -0.139. The first-order chi connectivity index (χ1) is 13.1. The summed E-state index contributed by atoms with van der Waals surface area (Å²) in [6, 6.07) is 15.6. The van der Waals surface area contributed by atoms with Crippen LogP contribution in [0, 0.1) is 0 Å². The normalized spacial score (nSPS) is 13.4. The Hall–Kier alpha value is -2.53. The van der Waals surface area contributed by atoms with Gasteiger partial charge in [-0.15, -0.1) is 0 Å². The summed E-state index contributed by atoms with van der Waals surface area (Å²) in [6.45, 7) is 2.89. The highest BCUT2D eigenvalue weighted by Crippen LogP contribution is 2.20. The molecule has 5 nitrogen and oxygen atoms in total. The smallest absolute Gasteiger partial charge is 0.309 e. The summed E-state index contributed by atoms with van der Waals surface area (Å²) in [6.07, 6.45) is 3.20. The summed E-state index contributed by atoms with van der Waals surface area (Å²) in [7, 11) is 0. The molecule has 1 fully saturated rings. The third-order valence-corrected chi connectivity index (χ3v) is 5.08. The monoisotopic (exact) mass is 385 g/mol. The third kappa shape index (κ3) is 5.47. The fourth-order valence-corrected chi connectivity index (χ4v) is 3.35. The second-order valence-corrected chi connectivity index (χ2v) is 7.05. The highest BCUT2D eigenvalue weighted by Gasteiger charge is 2.14. The Morgan fingerprint density at radius 2 is 1.59 bits per heavy atom. The van der Waals surface area contributed by atoms with Crippen molar-refractivity contribution < 1.29 is 9.59 Å². The second-order valence-electron chi connectivity index (χ2n) is 6.64. The van der Waals surface area contributed by atoms with Crippen molar-refractivity contribution in [3.05, 3.63) is 64.7 Å². The molecule has 0 bridgehead atoms. The van der Waals surface area contributed by atoms with E-state index in [0.29, 0.717) is 18.0 Å². The van der Waals surface area contributed by atoms with Gasteiger partial charge >= 0.3 is 11.8 Å². The van der Waals surface area contributed by atoms with E-state index >= 15 is 0 Å². The molecule has 1 aliphatic rings. The number of rotatable bonds is 6. The van der Waals surface area contributed by atoms with Gasteiger partial charge in [0.2, 0.25) is 0 Å². The fourth-order valence-electron chi connectivity index (χ4n) is 3.15. The molecule has 0 aliphatic carbocycles. The fraction of sp³-hybridized carbons (Fsp3) is 0.333. The maximum Gasteiger partial charge on any atom is 0.309 e. The highest BCUT2D eigenvalue weighted by molar-refractivity contribution is 6.35. The van der Waals surface area contributed by atoms with Crippen molar-refractivity contribution in [2.24, 2.45) is 0 Å². The van der Waals surface area contributed by atoms with Gasteiger partial charge in [-0.3, -0.25) is 9.59 Å². The lowest BCUT2D eigenvalue weighted by atomic mass is 10.1. The predicted molar refractivity (Wildman–Crippen MR) is 108 cm³/mol. The van der Waals surface area contributed by atoms with E-state index in [4.69, 9.17) is 11.6 Å². The largest absolute Gasteiger partial charge is 0.372 e. The predicted octanol–water partition coefficient (Wildman–Crippen LogP) is 2.92. The van der Waals surface area contributed by atoms with Crippen LogP contribution in [0.3, 0.4) is 0 Å². The van der Waals surface area contributed by atoms with Crippen molar-refractivity contribution in [2.45, 2.75) is 25.8 Å². The first-order valence-electron chi connectivity index (χ1n) is 9.27. The molecule has 6 heteroatoms. The Morgan fingerprint density at radius 3 is 2.30 bits per heavy atom. The summed E-state index contributed by atoms with van der Waals surface area (Å²) in [5.74, 6) is -1.28. The van der Waals surface area contributed by atoms with E-state index in [-0.39, 0.29) is 6.54 Å². The van der Waals surface area contributed by atoms with Crippen LogP contribution < -0.4 is 15.5 Å². The van der Waals surface area contributed by atoms with E-state index < -0.39 is 11.8 Å². The van der Waals surface area contributed by atoms with E-state index in [1.54, 1.807) is 6.07 Å². The molecule has 142 valence electrons. The van der Waals surface area contributed by atoms with Gasteiger partial charge in [0.05, 0.1) is 0 Å². The Kier molecular flexibility index (Phi) is 6.71. The Labute approximate surface area is 164 Å². The topological polar surface area (TPSA) is 61.4 Å². The molecule has 2 aromatic carbocycles. The van der Waals surface area contributed by atoms with Crippen LogP contribution >= 0.6 is 11.6 Å². The zero-order chi connectivity index (χ0) is 19.1. The molecule has 0 aromatic heterocycles. The lowest BCUT2D eigenvalue weighted by Crippen LogP contribution is -2.40. The molecular formula is C21H24ClN3O2. The van der Waals surface area contributed by atoms with E-state index in [1.807, 2.05) is 18.2 Å². The van der Waals surface area contributed by atoms with Crippen LogP contribution in [0.2, 0.25) is 5.02 Å². The van der Waals surface area contributed by atoms with Gasteiger partial charge in [-0.05, 0) is 48.6 Å². The van der Waals surface area contributed by atoms with Crippen LogP contribution in [0.5, 0.6) is 0 Å². The zero-order valence-electron chi connectivity index (χ0n) is 15.2. The second kappa shape index (κ2) is 9.42. The van der Waals surface area contributed by atoms with Crippen LogP contribution in [0.4, 0.5) is 5.69 Å². The van der Waals surface area contributed by atoms with Gasteiger partial charge in [0.15, 0.2) is 0 Å². The maximum atomic E-state index is 11.9. The highest BCUT2D eigenvalue weighted by atomic mass is 35.5. The van der Waals surface area contributed by atoms with Crippen LogP contribution in [-0.2, 0) is 22.6 Å². The van der Waals surface area contributed by atoms with Gasteiger partial charge in [0.25, 0.3) is 0 Å². The lowest BCUT2D eigenvalue weighted by Gasteiger charge is -2.17. The SMILES string of the molecule is O=C(NCCc1ccc(N2CCCC2)cc1)C(=O)NCc1ccccc1Cl. The van der Waals surface area contributed by atoms with Crippen molar-refractivity contribution in [1.82, 2.24) is 10.6 Å². The van der Waals surface area contributed by atoms with Crippen LogP contribution in [0.25, 0.3) is 0 Å². The number of hydrogen-bond donors (Lipinski definition) is 2. The minimum absolute atomic E-state index is 0.226. The minimum atomic E-state index is -0.653. The molecule has 3 rings (SSSR count). The van der Waals surface area contributed by atoms with Gasteiger partial charge in [-0.2, -0.15) is 0 Å². The number of halogens is 1. The van der Waals surface area contributed by atoms with E-state index in [1.165, 1.54) is 18.5 Å². The van der Waals surface area contributed by atoms with E-state index in [9.17, 15) is 9.59 Å². The van der Waals surface area contributed by atoms with Crippen molar-refractivity contribution in [2.75, 3.05) is 24.5 Å². The molecule has 0 radical (unpaired) electrons. The van der Waals surface area contributed by atoms with Crippen LogP contribution in [-0.4, -0.2) is 31.4 Å². The number of amides is 2. The number of nitrogens with one attached hydrogen (secondary N) is 2. The number of carbonyl (C=O) groups excluding carboxylic acids is 2. The summed E-state index contributed by atoms with van der Waals surface area (Å²) in [5, 5.41) is 5.81. The summed E-state index contributed by atoms with van der Waals surface area (Å²) in [5.41, 5.74) is 3.16. The number of carbonyl (C=O) groups is 2. The van der Waals surface area contributed by atoms with Gasteiger partial charge < -0.3 is 15.5 Å². The van der Waals surface area contributed by atoms with E-state index in [0.717, 1.165) is 24.2 Å². The van der Waals surface area contributed by atoms with Crippen LogP contribution in [0.1, 0.15) is 24.0 Å². The Balaban J connectivity index is 1.39. The van der Waals surface area contributed by atoms with Gasteiger partial charge in [0, 0.05) is 36.9 Å². The zero-order valence-corrected chi connectivity index (χ0v) is 16.0. The molecule has 0 atom stereocenters. The summed E-state index contributed by atoms with van der Waals surface area (Å²) < 4.78 is 0. The number of nitrogens with zero attached hydrogens (tertiary/aromatic N) is 1. The molecule has 2 amide bonds. The molecule has 0 spiro atoms. The van der Waals surface area contributed by atoms with Gasteiger partial charge in [-0.25, -0.2) is 0 Å². The molecule has 1 saturated heterocycles. The quantitative estimate of drug-likeness (QED) is 0.751. The Bertz CT molecular complexity index is 786. The summed E-state index contributed by atoms with van der Waals surface area (Å²) >= 11 is 6.04. The molecule has 27 heavy (non-hydrogen) atoms. The molecular weight excluding hydrogens is 362 g/mol. The van der Waals surface area contributed by atoms with Gasteiger partial charge in [0.1, 0.15) is 0 Å². The maximum absolute atomic E-state index is 11.9. The average Bonchev–Trinajstić information content (AvgIpc) is 3.22. The van der Waals surface area contributed by atoms with Crippen molar-refractivity contribution in [3.63, 3.8) is 0 Å². The summed E-state index contributed by atoms with van der Waals surface area (Å²) in [4.78, 5) is 26.2. The third-order valence-electron chi connectivity index (χ3n) is 4.71. The Morgan fingerprint density at radius 1 is 0.926 bits per heavy atom. The molecule has 2 N–H and O–H groups in total. The molecule has 0 unspecified atom stereocenters. The van der Waals surface area contributed by atoms with Crippen molar-refractivity contribution in [3.8, 4) is 0 Å². The number of hydrogen-bond acceptors (Lipinski definition) is 3. The molecule has 2 aromatic rings. The van der Waals surface area contributed by atoms with Crippen molar-refractivity contribution >= 4 is 29.1 Å². The average molecular weight is 386 g/mol. The van der Waals surface area contributed by atoms with E-state index in [2.05, 4.69) is 39.8 Å². The first-order valence-corrected chi connectivity index (χ1v) is 9.64.